The molecule has 0 saturated carbocycles. The van der Waals surface area contributed by atoms with Crippen molar-refractivity contribution in [2.45, 2.75) is 44.7 Å². The van der Waals surface area contributed by atoms with Crippen molar-refractivity contribution >= 4 is 17.0 Å². The molecule has 21 heavy (non-hydrogen) atoms. The molecule has 5 nitrogen and oxygen atoms in total. The Labute approximate surface area is 121 Å². The number of aliphatic carboxylic acids is 1. The highest BCUT2D eigenvalue weighted by Crippen LogP contribution is 2.34. The van der Waals surface area contributed by atoms with Crippen LogP contribution in [0, 0.1) is 5.95 Å². The average molecular weight is 291 g/mol. The summed E-state index contributed by atoms with van der Waals surface area (Å²) in [4.78, 5) is 15.5. The quantitative estimate of drug-likeness (QED) is 0.848. The second-order valence-corrected chi connectivity index (χ2v) is 5.56. The number of aromatic nitrogens is 2. The molecule has 6 heteroatoms. The summed E-state index contributed by atoms with van der Waals surface area (Å²) in [6, 6.07) is 2.26. The van der Waals surface area contributed by atoms with Crippen LogP contribution in [-0.2, 0) is 17.6 Å². The van der Waals surface area contributed by atoms with Crippen molar-refractivity contribution in [1.29, 1.82) is 0 Å². The fourth-order valence-electron chi connectivity index (χ4n) is 3.27. The summed E-state index contributed by atoms with van der Waals surface area (Å²) in [7, 11) is 0. The number of carboxylic acids is 1. The SMILES string of the molecule is CCC(C(=O)O)n1c2c(c3nc(F)ccc31)CC(N)CC2. The predicted octanol–water partition coefficient (Wildman–Crippen LogP) is 2.03. The molecule has 2 aromatic heterocycles. The number of carbonyl (C=O) groups is 1. The van der Waals surface area contributed by atoms with Gasteiger partial charge in [0.25, 0.3) is 0 Å². The summed E-state index contributed by atoms with van der Waals surface area (Å²) in [5.74, 6) is -1.43. The molecule has 3 rings (SSSR count). The van der Waals surface area contributed by atoms with E-state index in [1.807, 2.05) is 11.5 Å². The van der Waals surface area contributed by atoms with Crippen LogP contribution in [0.1, 0.15) is 37.1 Å². The number of nitrogens with two attached hydrogens (primary N) is 1. The molecule has 0 amide bonds. The Kier molecular flexibility index (Phi) is 3.41. The molecule has 0 spiro atoms. The van der Waals surface area contributed by atoms with E-state index in [2.05, 4.69) is 4.98 Å². The fraction of sp³-hybridized carbons (Fsp3) is 0.467. The van der Waals surface area contributed by atoms with Gasteiger partial charge in [-0.1, -0.05) is 6.92 Å². The van der Waals surface area contributed by atoms with Crippen LogP contribution < -0.4 is 5.73 Å². The molecule has 1 aliphatic rings. The zero-order chi connectivity index (χ0) is 15.1. The first-order chi connectivity index (χ1) is 10.0. The van der Waals surface area contributed by atoms with Crippen LogP contribution in [0.3, 0.4) is 0 Å². The molecule has 2 heterocycles. The van der Waals surface area contributed by atoms with Gasteiger partial charge in [-0.05, 0) is 37.8 Å². The van der Waals surface area contributed by atoms with E-state index < -0.39 is 18.0 Å². The highest BCUT2D eigenvalue weighted by Gasteiger charge is 2.30. The zero-order valence-corrected chi connectivity index (χ0v) is 11.8. The smallest absolute Gasteiger partial charge is 0.326 e. The predicted molar refractivity (Wildman–Crippen MR) is 76.7 cm³/mol. The summed E-state index contributed by atoms with van der Waals surface area (Å²) in [6.45, 7) is 1.84. The van der Waals surface area contributed by atoms with Gasteiger partial charge in [0, 0.05) is 17.3 Å². The maximum absolute atomic E-state index is 13.5. The van der Waals surface area contributed by atoms with Crippen molar-refractivity contribution in [2.75, 3.05) is 0 Å². The third-order valence-electron chi connectivity index (χ3n) is 4.23. The standard InChI is InChI=1S/C15H18FN3O2/c1-2-10(15(20)21)19-11-4-3-8(17)7-9(11)14-12(19)5-6-13(16)18-14/h5-6,8,10H,2-4,7,17H2,1H3,(H,20,21). The third kappa shape index (κ3) is 2.19. The van der Waals surface area contributed by atoms with Crippen LogP contribution >= 0.6 is 0 Å². The molecular formula is C15H18FN3O2. The van der Waals surface area contributed by atoms with Crippen LogP contribution in [0.5, 0.6) is 0 Å². The Morgan fingerprint density at radius 1 is 1.62 bits per heavy atom. The third-order valence-corrected chi connectivity index (χ3v) is 4.23. The van der Waals surface area contributed by atoms with Gasteiger partial charge in [0.2, 0.25) is 5.95 Å². The molecule has 2 unspecified atom stereocenters. The molecule has 0 aromatic carbocycles. The van der Waals surface area contributed by atoms with E-state index in [0.29, 0.717) is 30.3 Å². The number of nitrogens with zero attached hydrogens (tertiary/aromatic N) is 2. The van der Waals surface area contributed by atoms with E-state index in [1.54, 1.807) is 6.07 Å². The monoisotopic (exact) mass is 291 g/mol. The van der Waals surface area contributed by atoms with Gasteiger partial charge in [-0.15, -0.1) is 0 Å². The summed E-state index contributed by atoms with van der Waals surface area (Å²) < 4.78 is 15.3. The van der Waals surface area contributed by atoms with E-state index in [9.17, 15) is 14.3 Å². The normalized spacial score (nSPS) is 19.5. The summed E-state index contributed by atoms with van der Waals surface area (Å²) in [5, 5.41) is 9.47. The second-order valence-electron chi connectivity index (χ2n) is 5.56. The molecule has 0 aliphatic heterocycles. The van der Waals surface area contributed by atoms with Crippen molar-refractivity contribution in [1.82, 2.24) is 9.55 Å². The van der Waals surface area contributed by atoms with Crippen LogP contribution in [-0.4, -0.2) is 26.7 Å². The number of halogens is 1. The number of hydrogen-bond donors (Lipinski definition) is 2. The van der Waals surface area contributed by atoms with E-state index in [-0.39, 0.29) is 6.04 Å². The first-order valence-corrected chi connectivity index (χ1v) is 7.19. The topological polar surface area (TPSA) is 81.1 Å². The molecule has 2 atom stereocenters. The minimum absolute atomic E-state index is 0.0199. The molecule has 0 bridgehead atoms. The highest BCUT2D eigenvalue weighted by molar-refractivity contribution is 5.85. The van der Waals surface area contributed by atoms with Crippen LogP contribution in [0.2, 0.25) is 0 Å². The number of hydrogen-bond acceptors (Lipinski definition) is 3. The van der Waals surface area contributed by atoms with Crippen LogP contribution in [0.25, 0.3) is 11.0 Å². The summed E-state index contributed by atoms with van der Waals surface area (Å²) in [5.41, 5.74) is 9.10. The van der Waals surface area contributed by atoms with Gasteiger partial charge in [0.15, 0.2) is 0 Å². The van der Waals surface area contributed by atoms with Gasteiger partial charge in [-0.3, -0.25) is 0 Å². The van der Waals surface area contributed by atoms with Crippen LogP contribution in [0.4, 0.5) is 4.39 Å². The Balaban J connectivity index is 2.31. The Morgan fingerprint density at radius 3 is 3.05 bits per heavy atom. The van der Waals surface area contributed by atoms with E-state index in [0.717, 1.165) is 17.7 Å². The van der Waals surface area contributed by atoms with Crippen molar-refractivity contribution in [3.8, 4) is 0 Å². The van der Waals surface area contributed by atoms with Crippen molar-refractivity contribution < 1.29 is 14.3 Å². The summed E-state index contributed by atoms with van der Waals surface area (Å²) in [6.07, 6.45) is 2.60. The highest BCUT2D eigenvalue weighted by atomic mass is 19.1. The molecule has 1 aliphatic carbocycles. The van der Waals surface area contributed by atoms with Gasteiger partial charge < -0.3 is 15.4 Å². The van der Waals surface area contributed by atoms with Gasteiger partial charge in [0.1, 0.15) is 6.04 Å². The lowest BCUT2D eigenvalue weighted by Gasteiger charge is -2.23. The average Bonchev–Trinajstić information content (AvgIpc) is 2.73. The summed E-state index contributed by atoms with van der Waals surface area (Å²) >= 11 is 0. The lowest BCUT2D eigenvalue weighted by Crippen LogP contribution is -2.29. The van der Waals surface area contributed by atoms with Crippen molar-refractivity contribution in [2.24, 2.45) is 5.73 Å². The lowest BCUT2D eigenvalue weighted by atomic mass is 9.93. The molecule has 0 saturated heterocycles. The molecule has 0 fully saturated rings. The van der Waals surface area contributed by atoms with E-state index in [1.165, 1.54) is 6.07 Å². The number of pyridine rings is 1. The van der Waals surface area contributed by atoms with Crippen LogP contribution in [0.15, 0.2) is 12.1 Å². The maximum atomic E-state index is 13.5. The van der Waals surface area contributed by atoms with Crippen molar-refractivity contribution in [3.63, 3.8) is 0 Å². The number of fused-ring (bicyclic) bond motifs is 3. The minimum Gasteiger partial charge on any atom is -0.480 e. The van der Waals surface area contributed by atoms with E-state index in [4.69, 9.17) is 5.73 Å². The van der Waals surface area contributed by atoms with Gasteiger partial charge >= 0.3 is 5.97 Å². The Hall–Kier alpha value is -1.95. The Bertz CT molecular complexity index is 710. The zero-order valence-electron chi connectivity index (χ0n) is 11.8. The van der Waals surface area contributed by atoms with Gasteiger partial charge in [-0.2, -0.15) is 4.39 Å². The van der Waals surface area contributed by atoms with E-state index >= 15 is 0 Å². The molecule has 0 radical (unpaired) electrons. The first-order valence-electron chi connectivity index (χ1n) is 7.19. The number of carboxylic acid groups (broad SMARTS) is 1. The first kappa shape index (κ1) is 14.0. The number of rotatable bonds is 3. The Morgan fingerprint density at radius 2 is 2.38 bits per heavy atom. The largest absolute Gasteiger partial charge is 0.480 e. The lowest BCUT2D eigenvalue weighted by molar-refractivity contribution is -0.140. The fourth-order valence-corrected chi connectivity index (χ4v) is 3.27. The maximum Gasteiger partial charge on any atom is 0.326 e. The second kappa shape index (κ2) is 5.11. The minimum atomic E-state index is -0.878. The van der Waals surface area contributed by atoms with Gasteiger partial charge in [-0.25, -0.2) is 9.78 Å². The molecular weight excluding hydrogens is 273 g/mol. The molecule has 3 N–H and O–H groups in total. The van der Waals surface area contributed by atoms with Gasteiger partial charge in [0.05, 0.1) is 11.0 Å². The molecule has 112 valence electrons. The molecule has 2 aromatic rings. The van der Waals surface area contributed by atoms with Crippen molar-refractivity contribution in [3.05, 3.63) is 29.3 Å².